The van der Waals surface area contributed by atoms with Crippen LogP contribution in [0.4, 0.5) is 5.69 Å². The number of nitrogens with one attached hydrogen (secondary N) is 2. The van der Waals surface area contributed by atoms with E-state index in [1.54, 1.807) is 18.2 Å². The van der Waals surface area contributed by atoms with Crippen LogP contribution in [0, 0.1) is 0 Å². The first-order valence-corrected chi connectivity index (χ1v) is 10.5. The SMILES string of the molecule is CCOc1ccc(C2(NC(=S)Nc3cc(C(=O)OC)ccc3Cl)CCCC2)cc1. The molecule has 0 heterocycles. The summed E-state index contributed by atoms with van der Waals surface area (Å²) in [5.74, 6) is 0.432. The van der Waals surface area contributed by atoms with E-state index < -0.39 is 5.97 Å². The summed E-state index contributed by atoms with van der Waals surface area (Å²) in [5, 5.41) is 7.58. The Morgan fingerprint density at radius 3 is 2.48 bits per heavy atom. The summed E-state index contributed by atoms with van der Waals surface area (Å²) in [6.07, 6.45) is 4.22. The number of halogens is 1. The lowest BCUT2D eigenvalue weighted by Crippen LogP contribution is -2.45. The average Bonchev–Trinajstić information content (AvgIpc) is 3.19. The minimum Gasteiger partial charge on any atom is -0.494 e. The molecule has 3 rings (SSSR count). The van der Waals surface area contributed by atoms with E-state index in [4.69, 9.17) is 33.3 Å². The van der Waals surface area contributed by atoms with E-state index in [-0.39, 0.29) is 5.54 Å². The Balaban J connectivity index is 1.78. The van der Waals surface area contributed by atoms with Crippen LogP contribution in [-0.4, -0.2) is 24.8 Å². The third-order valence-electron chi connectivity index (χ3n) is 5.16. The van der Waals surface area contributed by atoms with E-state index in [0.29, 0.717) is 28.0 Å². The Morgan fingerprint density at radius 2 is 1.86 bits per heavy atom. The minimum atomic E-state index is -0.426. The van der Waals surface area contributed by atoms with Crippen molar-refractivity contribution in [2.24, 2.45) is 0 Å². The summed E-state index contributed by atoms with van der Waals surface area (Å²) < 4.78 is 10.3. The summed E-state index contributed by atoms with van der Waals surface area (Å²) in [6, 6.07) is 13.1. The second-order valence-corrected chi connectivity index (χ2v) is 7.83. The van der Waals surface area contributed by atoms with Gasteiger partial charge in [0.2, 0.25) is 0 Å². The summed E-state index contributed by atoms with van der Waals surface area (Å²) in [7, 11) is 1.34. The van der Waals surface area contributed by atoms with E-state index in [2.05, 4.69) is 22.8 Å². The summed E-state index contributed by atoms with van der Waals surface area (Å²) in [4.78, 5) is 11.8. The van der Waals surface area contributed by atoms with Gasteiger partial charge in [-0.1, -0.05) is 36.6 Å². The quantitative estimate of drug-likeness (QED) is 0.478. The van der Waals surface area contributed by atoms with Crippen molar-refractivity contribution in [1.29, 1.82) is 0 Å². The normalized spacial score (nSPS) is 14.9. The molecule has 1 aliphatic carbocycles. The van der Waals surface area contributed by atoms with Crippen molar-refractivity contribution in [2.45, 2.75) is 38.1 Å². The fourth-order valence-corrected chi connectivity index (χ4v) is 4.21. The predicted octanol–water partition coefficient (Wildman–Crippen LogP) is 5.28. The Kier molecular flexibility index (Phi) is 6.98. The summed E-state index contributed by atoms with van der Waals surface area (Å²) in [5.41, 5.74) is 1.91. The molecule has 2 aromatic rings. The number of anilines is 1. The van der Waals surface area contributed by atoms with Gasteiger partial charge in [-0.25, -0.2) is 4.79 Å². The first-order chi connectivity index (χ1) is 14.0. The zero-order valence-corrected chi connectivity index (χ0v) is 18.2. The molecule has 0 saturated heterocycles. The highest BCUT2D eigenvalue weighted by molar-refractivity contribution is 7.80. The molecular weight excluding hydrogens is 408 g/mol. The lowest BCUT2D eigenvalue weighted by molar-refractivity contribution is 0.0601. The van der Waals surface area contributed by atoms with Crippen LogP contribution < -0.4 is 15.4 Å². The molecule has 0 aliphatic heterocycles. The molecule has 154 valence electrons. The number of esters is 1. The number of thiocarbonyl (C=S) groups is 1. The van der Waals surface area contributed by atoms with E-state index in [1.807, 2.05) is 19.1 Å². The molecule has 29 heavy (non-hydrogen) atoms. The number of methoxy groups -OCH3 is 1. The number of carbonyl (C=O) groups is 1. The molecule has 0 amide bonds. The van der Waals surface area contributed by atoms with Gasteiger partial charge in [-0.2, -0.15) is 0 Å². The number of hydrogen-bond acceptors (Lipinski definition) is 4. The maximum Gasteiger partial charge on any atom is 0.337 e. The van der Waals surface area contributed by atoms with Gasteiger partial charge in [0, 0.05) is 0 Å². The molecule has 2 aromatic carbocycles. The third-order valence-corrected chi connectivity index (χ3v) is 5.70. The Morgan fingerprint density at radius 1 is 1.17 bits per heavy atom. The molecule has 1 saturated carbocycles. The van der Waals surface area contributed by atoms with Gasteiger partial charge >= 0.3 is 5.97 Å². The number of hydrogen-bond donors (Lipinski definition) is 2. The van der Waals surface area contributed by atoms with Crippen molar-refractivity contribution in [3.05, 3.63) is 58.6 Å². The van der Waals surface area contributed by atoms with E-state index in [9.17, 15) is 4.79 Å². The molecule has 0 radical (unpaired) electrons. The second-order valence-electron chi connectivity index (χ2n) is 7.01. The molecule has 1 aliphatic rings. The van der Waals surface area contributed by atoms with Crippen molar-refractivity contribution in [3.8, 4) is 5.75 Å². The lowest BCUT2D eigenvalue weighted by atomic mass is 9.88. The molecule has 0 unspecified atom stereocenters. The van der Waals surface area contributed by atoms with Crippen LogP contribution in [0.1, 0.15) is 48.5 Å². The predicted molar refractivity (Wildman–Crippen MR) is 120 cm³/mol. The molecule has 0 spiro atoms. The number of rotatable bonds is 6. The smallest absolute Gasteiger partial charge is 0.337 e. The van der Waals surface area contributed by atoms with Crippen LogP contribution in [0.15, 0.2) is 42.5 Å². The average molecular weight is 433 g/mol. The topological polar surface area (TPSA) is 59.6 Å². The van der Waals surface area contributed by atoms with Crippen LogP contribution in [0.5, 0.6) is 5.75 Å². The maximum absolute atomic E-state index is 11.8. The zero-order chi connectivity index (χ0) is 20.9. The molecular formula is C22H25ClN2O3S. The highest BCUT2D eigenvalue weighted by atomic mass is 35.5. The van der Waals surface area contributed by atoms with E-state index in [1.165, 1.54) is 12.7 Å². The molecule has 7 heteroatoms. The largest absolute Gasteiger partial charge is 0.494 e. The van der Waals surface area contributed by atoms with Gasteiger partial charge in [0.25, 0.3) is 0 Å². The Labute approximate surface area is 181 Å². The first-order valence-electron chi connectivity index (χ1n) is 9.68. The second kappa shape index (κ2) is 9.46. The third kappa shape index (κ3) is 5.00. The summed E-state index contributed by atoms with van der Waals surface area (Å²) >= 11 is 11.9. The van der Waals surface area contributed by atoms with Crippen molar-refractivity contribution in [1.82, 2.24) is 5.32 Å². The lowest BCUT2D eigenvalue weighted by Gasteiger charge is -2.32. The fourth-order valence-electron chi connectivity index (χ4n) is 3.74. The molecule has 1 fully saturated rings. The van der Waals surface area contributed by atoms with Crippen molar-refractivity contribution >= 4 is 40.6 Å². The Hall–Kier alpha value is -2.31. The van der Waals surface area contributed by atoms with Crippen LogP contribution in [0.25, 0.3) is 0 Å². The highest BCUT2D eigenvalue weighted by Crippen LogP contribution is 2.39. The molecule has 0 aromatic heterocycles. The fraction of sp³-hybridized carbons (Fsp3) is 0.364. The first kappa shape index (κ1) is 21.4. The monoisotopic (exact) mass is 432 g/mol. The van der Waals surface area contributed by atoms with E-state index >= 15 is 0 Å². The van der Waals surface area contributed by atoms with Gasteiger partial charge in [-0.3, -0.25) is 0 Å². The zero-order valence-electron chi connectivity index (χ0n) is 16.6. The number of carbonyl (C=O) groups excluding carboxylic acids is 1. The highest BCUT2D eigenvalue weighted by Gasteiger charge is 2.36. The van der Waals surface area contributed by atoms with Crippen molar-refractivity contribution in [3.63, 3.8) is 0 Å². The number of ether oxygens (including phenoxy) is 2. The van der Waals surface area contributed by atoms with Gasteiger partial charge < -0.3 is 20.1 Å². The van der Waals surface area contributed by atoms with Crippen LogP contribution in [-0.2, 0) is 10.3 Å². The van der Waals surface area contributed by atoms with Gasteiger partial charge in [0.15, 0.2) is 5.11 Å². The minimum absolute atomic E-state index is 0.235. The van der Waals surface area contributed by atoms with Gasteiger partial charge in [-0.15, -0.1) is 0 Å². The van der Waals surface area contributed by atoms with Crippen LogP contribution >= 0.6 is 23.8 Å². The van der Waals surface area contributed by atoms with Gasteiger partial charge in [-0.05, 0) is 67.9 Å². The van der Waals surface area contributed by atoms with Crippen LogP contribution in [0.3, 0.4) is 0 Å². The van der Waals surface area contributed by atoms with Crippen LogP contribution in [0.2, 0.25) is 5.02 Å². The van der Waals surface area contributed by atoms with Crippen molar-refractivity contribution in [2.75, 3.05) is 19.0 Å². The van der Waals surface area contributed by atoms with E-state index in [0.717, 1.165) is 31.4 Å². The molecule has 2 N–H and O–H groups in total. The molecule has 5 nitrogen and oxygen atoms in total. The summed E-state index contributed by atoms with van der Waals surface area (Å²) in [6.45, 7) is 2.61. The standard InChI is InChI=1S/C22H25ClN2O3S/c1-3-28-17-9-7-16(8-10-17)22(12-4-5-13-22)25-21(29)24-19-14-15(20(26)27-2)6-11-18(19)23/h6-11,14H,3-5,12-13H2,1-2H3,(H2,24,25,29). The molecule has 0 atom stereocenters. The number of benzene rings is 2. The maximum atomic E-state index is 11.8. The van der Waals surface area contributed by atoms with Gasteiger partial charge in [0.1, 0.15) is 5.75 Å². The molecule has 0 bridgehead atoms. The van der Waals surface area contributed by atoms with Crippen molar-refractivity contribution < 1.29 is 14.3 Å². The Bertz CT molecular complexity index is 880. The van der Waals surface area contributed by atoms with Gasteiger partial charge in [0.05, 0.1) is 35.5 Å².